The van der Waals surface area contributed by atoms with Gasteiger partial charge in [0.2, 0.25) is 0 Å². The summed E-state index contributed by atoms with van der Waals surface area (Å²) in [5.74, 6) is 1.95. The highest BCUT2D eigenvalue weighted by Crippen LogP contribution is 2.24. The highest BCUT2D eigenvalue weighted by Gasteiger charge is 2.15. The molecule has 0 saturated heterocycles. The van der Waals surface area contributed by atoms with Crippen LogP contribution in [0.1, 0.15) is 30.8 Å². The number of nitrogens with zero attached hydrogens (tertiary/aromatic N) is 3. The molecule has 2 rings (SSSR count). The summed E-state index contributed by atoms with van der Waals surface area (Å²) in [6.07, 6.45) is 0. The van der Waals surface area contributed by atoms with Crippen LogP contribution in [0.4, 0.5) is 0 Å². The van der Waals surface area contributed by atoms with E-state index in [4.69, 9.17) is 0 Å². The van der Waals surface area contributed by atoms with Crippen LogP contribution < -0.4 is 0 Å². The second kappa shape index (κ2) is 5.53. The fourth-order valence-corrected chi connectivity index (χ4v) is 2.27. The van der Waals surface area contributed by atoms with Gasteiger partial charge in [0.1, 0.15) is 6.61 Å². The summed E-state index contributed by atoms with van der Waals surface area (Å²) in [6.45, 7) is 9.18. The van der Waals surface area contributed by atoms with Crippen LogP contribution >= 0.6 is 0 Å². The van der Waals surface area contributed by atoms with Gasteiger partial charge in [-0.2, -0.15) is 0 Å². The van der Waals surface area contributed by atoms with E-state index in [1.807, 2.05) is 4.57 Å². The lowest BCUT2D eigenvalue weighted by atomic mass is 10.0. The van der Waals surface area contributed by atoms with Gasteiger partial charge in [0.05, 0.1) is 0 Å². The summed E-state index contributed by atoms with van der Waals surface area (Å²) in [5.41, 5.74) is 3.50. The molecule has 0 amide bonds. The van der Waals surface area contributed by atoms with Crippen LogP contribution in [0.15, 0.2) is 18.2 Å². The molecule has 2 aromatic rings. The number of aliphatic hydroxyl groups is 1. The maximum absolute atomic E-state index is 9.38. The molecule has 0 saturated carbocycles. The fraction of sp³-hybridized carbons (Fsp3) is 0.467. The molecular formula is C15H21N3O. The van der Waals surface area contributed by atoms with Gasteiger partial charge < -0.3 is 9.67 Å². The van der Waals surface area contributed by atoms with Crippen LogP contribution in [-0.4, -0.2) is 19.9 Å². The quantitative estimate of drug-likeness (QED) is 0.918. The maximum Gasteiger partial charge on any atom is 0.164 e. The van der Waals surface area contributed by atoms with Crippen LogP contribution in [0.2, 0.25) is 0 Å². The minimum absolute atomic E-state index is 0.0787. The summed E-state index contributed by atoms with van der Waals surface area (Å²) >= 11 is 0. The minimum Gasteiger partial charge on any atom is -0.388 e. The van der Waals surface area contributed by atoms with Gasteiger partial charge in [0.15, 0.2) is 11.6 Å². The van der Waals surface area contributed by atoms with E-state index in [2.05, 4.69) is 56.1 Å². The third-order valence-corrected chi connectivity index (χ3v) is 3.14. The van der Waals surface area contributed by atoms with Gasteiger partial charge >= 0.3 is 0 Å². The van der Waals surface area contributed by atoms with Crippen LogP contribution in [0.3, 0.4) is 0 Å². The van der Waals surface area contributed by atoms with E-state index in [9.17, 15) is 5.11 Å². The molecule has 19 heavy (non-hydrogen) atoms. The number of hydrogen-bond acceptors (Lipinski definition) is 3. The van der Waals surface area contributed by atoms with Crippen molar-refractivity contribution in [1.29, 1.82) is 0 Å². The van der Waals surface area contributed by atoms with Crippen molar-refractivity contribution >= 4 is 0 Å². The van der Waals surface area contributed by atoms with Gasteiger partial charge in [0, 0.05) is 12.1 Å². The molecule has 0 aliphatic carbocycles. The second-order valence-electron chi connectivity index (χ2n) is 5.42. The third kappa shape index (κ3) is 2.84. The van der Waals surface area contributed by atoms with E-state index in [0.717, 1.165) is 17.9 Å². The molecule has 0 bridgehead atoms. The molecule has 102 valence electrons. The van der Waals surface area contributed by atoms with Gasteiger partial charge in [-0.1, -0.05) is 37.6 Å². The molecule has 0 aliphatic rings. The number of benzene rings is 1. The Morgan fingerprint density at radius 2 is 1.95 bits per heavy atom. The van der Waals surface area contributed by atoms with Crippen molar-refractivity contribution in [2.45, 2.75) is 40.8 Å². The van der Waals surface area contributed by atoms with Gasteiger partial charge in [0.25, 0.3) is 0 Å². The first-order chi connectivity index (χ1) is 9.02. The van der Waals surface area contributed by atoms with Gasteiger partial charge in [-0.3, -0.25) is 0 Å². The van der Waals surface area contributed by atoms with E-state index < -0.39 is 0 Å². The van der Waals surface area contributed by atoms with E-state index in [0.29, 0.717) is 11.7 Å². The van der Waals surface area contributed by atoms with Crippen molar-refractivity contribution < 1.29 is 5.11 Å². The van der Waals surface area contributed by atoms with Crippen molar-refractivity contribution in [3.05, 3.63) is 35.2 Å². The van der Waals surface area contributed by atoms with E-state index in [1.165, 1.54) is 11.1 Å². The first kappa shape index (κ1) is 13.7. The number of aromatic nitrogens is 3. The molecule has 1 aromatic carbocycles. The minimum atomic E-state index is -0.0787. The summed E-state index contributed by atoms with van der Waals surface area (Å²) < 4.78 is 2.02. The van der Waals surface area contributed by atoms with Crippen molar-refractivity contribution in [3.8, 4) is 11.4 Å². The predicted molar refractivity (Wildman–Crippen MR) is 75.7 cm³/mol. The Morgan fingerprint density at radius 3 is 2.53 bits per heavy atom. The fourth-order valence-electron chi connectivity index (χ4n) is 2.27. The van der Waals surface area contributed by atoms with Crippen molar-refractivity contribution in [2.75, 3.05) is 0 Å². The third-order valence-electron chi connectivity index (χ3n) is 3.14. The van der Waals surface area contributed by atoms with E-state index in [1.54, 1.807) is 0 Å². The van der Waals surface area contributed by atoms with Gasteiger partial charge in [-0.05, 0) is 25.3 Å². The van der Waals surface area contributed by atoms with E-state index >= 15 is 0 Å². The number of hydrogen-bond donors (Lipinski definition) is 1. The lowest BCUT2D eigenvalue weighted by Gasteiger charge is -2.13. The zero-order chi connectivity index (χ0) is 14.0. The van der Waals surface area contributed by atoms with E-state index in [-0.39, 0.29) is 6.61 Å². The smallest absolute Gasteiger partial charge is 0.164 e. The SMILES string of the molecule is Cc1ccc(-c2nnc(CO)n2CC(C)C)c(C)c1. The van der Waals surface area contributed by atoms with Gasteiger partial charge in [-0.15, -0.1) is 10.2 Å². The predicted octanol–water partition coefficient (Wildman–Crippen LogP) is 2.71. The van der Waals surface area contributed by atoms with Crippen LogP contribution in [-0.2, 0) is 13.2 Å². The van der Waals surface area contributed by atoms with Gasteiger partial charge in [-0.25, -0.2) is 0 Å². The molecule has 0 atom stereocenters. The maximum atomic E-state index is 9.38. The molecule has 4 heteroatoms. The topological polar surface area (TPSA) is 50.9 Å². The Labute approximate surface area is 114 Å². The Balaban J connectivity index is 2.52. The van der Waals surface area contributed by atoms with Crippen LogP contribution in [0, 0.1) is 19.8 Å². The number of aliphatic hydroxyl groups excluding tert-OH is 1. The highest BCUT2D eigenvalue weighted by atomic mass is 16.3. The normalized spacial score (nSPS) is 11.3. The molecule has 4 nitrogen and oxygen atoms in total. The lowest BCUT2D eigenvalue weighted by molar-refractivity contribution is 0.262. The zero-order valence-electron chi connectivity index (χ0n) is 12.0. The Hall–Kier alpha value is -1.68. The average Bonchev–Trinajstić information content (AvgIpc) is 2.71. The number of aryl methyl sites for hydroxylation is 2. The summed E-state index contributed by atoms with van der Waals surface area (Å²) in [5, 5.41) is 17.7. The molecule has 1 heterocycles. The molecule has 0 fully saturated rings. The van der Waals surface area contributed by atoms with Crippen molar-refractivity contribution in [1.82, 2.24) is 14.8 Å². The van der Waals surface area contributed by atoms with Crippen molar-refractivity contribution in [3.63, 3.8) is 0 Å². The van der Waals surface area contributed by atoms with Crippen LogP contribution in [0.5, 0.6) is 0 Å². The lowest BCUT2D eigenvalue weighted by Crippen LogP contribution is -2.10. The molecule has 1 aromatic heterocycles. The Kier molecular flexibility index (Phi) is 4.00. The molecular weight excluding hydrogens is 238 g/mol. The average molecular weight is 259 g/mol. The summed E-state index contributed by atoms with van der Waals surface area (Å²) in [4.78, 5) is 0. The first-order valence-electron chi connectivity index (χ1n) is 6.63. The standard InChI is InChI=1S/C15H21N3O/c1-10(2)8-18-14(9-19)16-17-15(18)13-6-5-11(3)7-12(13)4/h5-7,10,19H,8-9H2,1-4H3. The second-order valence-corrected chi connectivity index (χ2v) is 5.42. The molecule has 0 aliphatic heterocycles. The zero-order valence-corrected chi connectivity index (χ0v) is 12.0. The molecule has 0 spiro atoms. The van der Waals surface area contributed by atoms with Crippen LogP contribution in [0.25, 0.3) is 11.4 Å². The Bertz CT molecular complexity index is 573. The monoisotopic (exact) mass is 259 g/mol. The largest absolute Gasteiger partial charge is 0.388 e. The number of rotatable bonds is 4. The summed E-state index contributed by atoms with van der Waals surface area (Å²) in [7, 11) is 0. The molecule has 0 unspecified atom stereocenters. The Morgan fingerprint density at radius 1 is 1.21 bits per heavy atom. The molecule has 0 radical (unpaired) electrons. The van der Waals surface area contributed by atoms with Crippen molar-refractivity contribution in [2.24, 2.45) is 5.92 Å². The first-order valence-corrected chi connectivity index (χ1v) is 6.63. The summed E-state index contributed by atoms with van der Waals surface area (Å²) in [6, 6.07) is 6.30. The highest BCUT2D eigenvalue weighted by molar-refractivity contribution is 5.61. The molecule has 1 N–H and O–H groups in total.